The average Bonchev–Trinajstić information content (AvgIpc) is 2.82. The summed E-state index contributed by atoms with van der Waals surface area (Å²) in [4.78, 5) is 2.28. The lowest BCUT2D eigenvalue weighted by Gasteiger charge is -2.16. The lowest BCUT2D eigenvalue weighted by Crippen LogP contribution is -2.08. The van der Waals surface area contributed by atoms with E-state index in [-0.39, 0.29) is 5.41 Å². The number of rotatable bonds is 3. The van der Waals surface area contributed by atoms with Crippen LogP contribution in [-0.4, -0.2) is 5.11 Å². The van der Waals surface area contributed by atoms with Crippen molar-refractivity contribution in [3.63, 3.8) is 0 Å². The molecule has 20 heavy (non-hydrogen) atoms. The van der Waals surface area contributed by atoms with Crippen LogP contribution in [0.5, 0.6) is 0 Å². The molecule has 1 heterocycles. The van der Waals surface area contributed by atoms with Crippen LogP contribution in [0.25, 0.3) is 0 Å². The predicted octanol–water partition coefficient (Wildman–Crippen LogP) is 5.74. The van der Waals surface area contributed by atoms with E-state index in [1.807, 2.05) is 24.3 Å². The second-order valence-corrected chi connectivity index (χ2v) is 8.35. The third-order valence-corrected chi connectivity index (χ3v) is 5.58. The van der Waals surface area contributed by atoms with E-state index in [2.05, 4.69) is 42.8 Å². The molecule has 0 aliphatic heterocycles. The first-order valence-corrected chi connectivity index (χ1v) is 8.48. The zero-order chi connectivity index (χ0) is 14.9. The average molecular weight is 374 g/mol. The van der Waals surface area contributed by atoms with Crippen LogP contribution in [0.15, 0.2) is 34.8 Å². The van der Waals surface area contributed by atoms with Crippen LogP contribution in [0, 0.1) is 0 Å². The molecule has 2 aromatic rings. The minimum absolute atomic E-state index is 0.123. The quantitative estimate of drug-likeness (QED) is 0.727. The highest BCUT2D eigenvalue weighted by molar-refractivity contribution is 9.10. The molecule has 1 unspecified atom stereocenters. The van der Waals surface area contributed by atoms with Crippen LogP contribution in [0.4, 0.5) is 0 Å². The first-order valence-electron chi connectivity index (χ1n) is 6.49. The molecule has 2 rings (SSSR count). The van der Waals surface area contributed by atoms with Gasteiger partial charge in [0.1, 0.15) is 0 Å². The zero-order valence-electron chi connectivity index (χ0n) is 11.8. The van der Waals surface area contributed by atoms with Crippen molar-refractivity contribution in [3.8, 4) is 0 Å². The Morgan fingerprint density at radius 2 is 1.95 bits per heavy atom. The molecular weight excluding hydrogens is 356 g/mol. The highest BCUT2D eigenvalue weighted by Crippen LogP contribution is 2.34. The Bertz CT molecular complexity index is 601. The fraction of sp³-hybridized carbons (Fsp3) is 0.375. The van der Waals surface area contributed by atoms with Gasteiger partial charge in [-0.05, 0) is 35.2 Å². The third-order valence-electron chi connectivity index (χ3n) is 3.12. The third kappa shape index (κ3) is 3.85. The van der Waals surface area contributed by atoms with E-state index < -0.39 is 6.10 Å². The summed E-state index contributed by atoms with van der Waals surface area (Å²) >= 11 is 11.3. The number of aliphatic hydroxyl groups is 1. The topological polar surface area (TPSA) is 20.2 Å². The molecule has 0 aliphatic rings. The fourth-order valence-electron chi connectivity index (χ4n) is 1.93. The lowest BCUT2D eigenvalue weighted by molar-refractivity contribution is 0.182. The summed E-state index contributed by atoms with van der Waals surface area (Å²) in [6.45, 7) is 6.54. The van der Waals surface area contributed by atoms with E-state index in [0.717, 1.165) is 14.9 Å². The summed E-state index contributed by atoms with van der Waals surface area (Å²) in [5, 5.41) is 11.1. The van der Waals surface area contributed by atoms with Gasteiger partial charge >= 0.3 is 0 Å². The summed E-state index contributed by atoms with van der Waals surface area (Å²) in [7, 11) is 0. The van der Waals surface area contributed by atoms with Gasteiger partial charge in [0, 0.05) is 25.7 Å². The van der Waals surface area contributed by atoms with Crippen LogP contribution in [-0.2, 0) is 11.8 Å². The van der Waals surface area contributed by atoms with Crippen molar-refractivity contribution in [1.82, 2.24) is 0 Å². The number of benzene rings is 1. The normalized spacial score (nSPS) is 13.5. The number of thiophene rings is 1. The van der Waals surface area contributed by atoms with Crippen LogP contribution in [0.2, 0.25) is 5.02 Å². The molecule has 1 atom stereocenters. The number of hydrogen-bond donors (Lipinski definition) is 1. The van der Waals surface area contributed by atoms with Crippen molar-refractivity contribution in [1.29, 1.82) is 0 Å². The van der Waals surface area contributed by atoms with Crippen molar-refractivity contribution < 1.29 is 5.11 Å². The largest absolute Gasteiger partial charge is 0.387 e. The van der Waals surface area contributed by atoms with Crippen molar-refractivity contribution in [2.45, 2.75) is 38.7 Å². The highest BCUT2D eigenvalue weighted by Gasteiger charge is 2.19. The van der Waals surface area contributed by atoms with Gasteiger partial charge in [-0.25, -0.2) is 0 Å². The van der Waals surface area contributed by atoms with Crippen LogP contribution >= 0.6 is 38.9 Å². The van der Waals surface area contributed by atoms with E-state index >= 15 is 0 Å². The number of aliphatic hydroxyl groups excluding tert-OH is 1. The van der Waals surface area contributed by atoms with Crippen LogP contribution in [0.1, 0.15) is 42.2 Å². The molecule has 0 fully saturated rings. The van der Waals surface area contributed by atoms with Gasteiger partial charge in [0.15, 0.2) is 0 Å². The Hall–Kier alpha value is -0.350. The zero-order valence-corrected chi connectivity index (χ0v) is 14.9. The molecule has 0 bridgehead atoms. The molecule has 1 aromatic heterocycles. The van der Waals surface area contributed by atoms with Crippen molar-refractivity contribution in [3.05, 3.63) is 55.1 Å². The van der Waals surface area contributed by atoms with Crippen LogP contribution < -0.4 is 0 Å². The molecule has 0 saturated heterocycles. The minimum atomic E-state index is -0.505. The van der Waals surface area contributed by atoms with E-state index in [4.69, 9.17) is 11.6 Å². The minimum Gasteiger partial charge on any atom is -0.387 e. The predicted molar refractivity (Wildman–Crippen MR) is 90.8 cm³/mol. The van der Waals surface area contributed by atoms with Crippen molar-refractivity contribution in [2.75, 3.05) is 0 Å². The standard InChI is InChI=1S/C16H18BrClOS/c1-16(2,3)15-7-6-14(20-15)13(19)8-10-4-5-11(17)9-12(10)18/h4-7,9,13,19H,8H2,1-3H3. The summed E-state index contributed by atoms with van der Waals surface area (Å²) < 4.78 is 0.951. The molecule has 0 spiro atoms. The molecule has 0 radical (unpaired) electrons. The molecule has 1 aromatic carbocycles. The molecule has 108 valence electrons. The van der Waals surface area contributed by atoms with Gasteiger partial charge in [-0.1, -0.05) is 54.4 Å². The van der Waals surface area contributed by atoms with Crippen LogP contribution in [0.3, 0.4) is 0 Å². The van der Waals surface area contributed by atoms with Gasteiger partial charge < -0.3 is 5.11 Å². The number of hydrogen-bond acceptors (Lipinski definition) is 2. The Labute approximate surface area is 137 Å². The molecule has 1 nitrogen and oxygen atoms in total. The Morgan fingerprint density at radius 1 is 1.25 bits per heavy atom. The molecular formula is C16H18BrClOS. The molecule has 1 N–H and O–H groups in total. The maximum absolute atomic E-state index is 10.4. The van der Waals surface area contributed by atoms with E-state index in [1.54, 1.807) is 11.3 Å². The second kappa shape index (κ2) is 6.18. The second-order valence-electron chi connectivity index (χ2n) is 5.91. The van der Waals surface area contributed by atoms with Crippen molar-refractivity contribution >= 4 is 38.9 Å². The summed E-state index contributed by atoms with van der Waals surface area (Å²) in [6, 6.07) is 9.88. The highest BCUT2D eigenvalue weighted by atomic mass is 79.9. The first-order chi connectivity index (χ1) is 9.27. The Morgan fingerprint density at radius 3 is 2.50 bits per heavy atom. The number of halogens is 2. The maximum Gasteiger partial charge on any atom is 0.0922 e. The van der Waals surface area contributed by atoms with Gasteiger partial charge in [0.25, 0.3) is 0 Å². The molecule has 4 heteroatoms. The van der Waals surface area contributed by atoms with E-state index in [1.165, 1.54) is 4.88 Å². The van der Waals surface area contributed by atoms with E-state index in [0.29, 0.717) is 11.4 Å². The maximum atomic E-state index is 10.4. The smallest absolute Gasteiger partial charge is 0.0922 e. The molecule has 0 amide bonds. The van der Waals surface area contributed by atoms with Gasteiger partial charge in [-0.15, -0.1) is 11.3 Å². The van der Waals surface area contributed by atoms with E-state index in [9.17, 15) is 5.11 Å². The monoisotopic (exact) mass is 372 g/mol. The molecule has 0 saturated carbocycles. The summed E-state index contributed by atoms with van der Waals surface area (Å²) in [5.74, 6) is 0. The summed E-state index contributed by atoms with van der Waals surface area (Å²) in [5.41, 5.74) is 1.09. The van der Waals surface area contributed by atoms with Gasteiger partial charge in [-0.3, -0.25) is 0 Å². The SMILES string of the molecule is CC(C)(C)c1ccc(C(O)Cc2ccc(Br)cc2Cl)s1. The fourth-order valence-corrected chi connectivity index (χ4v) is 3.73. The van der Waals surface area contributed by atoms with Crippen molar-refractivity contribution in [2.24, 2.45) is 0 Å². The van der Waals surface area contributed by atoms with Gasteiger partial charge in [-0.2, -0.15) is 0 Å². The van der Waals surface area contributed by atoms with Gasteiger partial charge in [0.05, 0.1) is 6.10 Å². The Balaban J connectivity index is 2.16. The first kappa shape index (κ1) is 16.0. The summed E-state index contributed by atoms with van der Waals surface area (Å²) in [6.07, 6.45) is 0.0331. The Kier molecular flexibility index (Phi) is 4.96. The molecule has 0 aliphatic carbocycles. The van der Waals surface area contributed by atoms with Gasteiger partial charge in [0.2, 0.25) is 0 Å². The lowest BCUT2D eigenvalue weighted by atomic mass is 9.95.